The molecule has 4 aliphatic rings. The van der Waals surface area contributed by atoms with Crippen LogP contribution in [0.15, 0.2) is 23.8 Å². The summed E-state index contributed by atoms with van der Waals surface area (Å²) in [6, 6.07) is 0. The molecule has 0 radical (unpaired) electrons. The van der Waals surface area contributed by atoms with Gasteiger partial charge in [0.25, 0.3) is 0 Å². The molecule has 40 heavy (non-hydrogen) atoms. The highest BCUT2D eigenvalue weighted by Gasteiger charge is 2.55. The number of carbonyl (C=O) groups is 3. The summed E-state index contributed by atoms with van der Waals surface area (Å²) in [5.41, 5.74) is 1.61. The van der Waals surface area contributed by atoms with Crippen molar-refractivity contribution in [2.75, 3.05) is 19.8 Å². The third-order valence-corrected chi connectivity index (χ3v) is 9.60. The minimum Gasteiger partial charge on any atom is -0.481 e. The molecule has 2 heterocycles. The number of fused-ring (bicyclic) bond motifs is 1. The van der Waals surface area contributed by atoms with Gasteiger partial charge < -0.3 is 39.4 Å². The third kappa shape index (κ3) is 6.28. The molecule has 1 saturated heterocycles. The molecule has 0 amide bonds. The number of aliphatic hydroxyl groups excluding tert-OH is 3. The molecule has 0 bridgehead atoms. The van der Waals surface area contributed by atoms with Crippen molar-refractivity contribution in [2.24, 2.45) is 22.7 Å². The van der Waals surface area contributed by atoms with Crippen molar-refractivity contribution in [3.8, 4) is 0 Å². The first-order valence-corrected chi connectivity index (χ1v) is 14.1. The van der Waals surface area contributed by atoms with Crippen LogP contribution in [0.5, 0.6) is 0 Å². The Morgan fingerprint density at radius 3 is 2.58 bits per heavy atom. The van der Waals surface area contributed by atoms with Crippen molar-refractivity contribution < 1.29 is 53.8 Å². The fraction of sp³-hybridized carbons (Fsp3) is 0.759. The number of hydrogen-bond acceptors (Lipinski definition) is 10. The van der Waals surface area contributed by atoms with Gasteiger partial charge in [-0.15, -0.1) is 0 Å². The Morgan fingerprint density at radius 2 is 1.90 bits per heavy atom. The largest absolute Gasteiger partial charge is 0.481 e. The summed E-state index contributed by atoms with van der Waals surface area (Å²) in [7, 11) is 0. The van der Waals surface area contributed by atoms with Crippen LogP contribution >= 0.6 is 0 Å². The standard InChI is InChI=1S/C29H42O11/c1-16-5-8-20-28(2,10-4-11-29(20,3)18(16)7-6-17-9-12-37-26(17)36)15-39-27-25(35)24(34)23(33)19(40-27)14-38-22(32)13-21(30)31/h9,18-20,23-25,27,33-35H,1,4-8,10-15H2,2-3H3,(H,30,31)/t18-,19+,20+,23+,24-,25+,27+,28+,29-/m1/s1. The number of carbonyl (C=O) groups excluding carboxylic acids is 2. The molecule has 0 unspecified atom stereocenters. The van der Waals surface area contributed by atoms with Crippen LogP contribution in [0.4, 0.5) is 0 Å². The van der Waals surface area contributed by atoms with Gasteiger partial charge in [-0.1, -0.05) is 32.4 Å². The zero-order valence-corrected chi connectivity index (χ0v) is 23.3. The molecular formula is C29H42O11. The van der Waals surface area contributed by atoms with Crippen LogP contribution in [0.25, 0.3) is 0 Å². The van der Waals surface area contributed by atoms with E-state index in [4.69, 9.17) is 24.1 Å². The highest BCUT2D eigenvalue weighted by Crippen LogP contribution is 2.62. The number of allylic oxidation sites excluding steroid dienone is 1. The zero-order chi connectivity index (χ0) is 29.2. The van der Waals surface area contributed by atoms with Gasteiger partial charge in [-0.25, -0.2) is 4.79 Å². The minimum atomic E-state index is -1.61. The SMILES string of the molecule is C=C1CC[C@H]2[C@](C)(CO[C@H]3O[C@@H](COC(=O)CC(=O)O)[C@H](O)[C@@H](O)[C@@H]3O)CCC[C@]2(C)[C@@H]1CCC1=CCOC1=O. The lowest BCUT2D eigenvalue weighted by molar-refractivity contribution is -0.310. The molecule has 2 aliphatic heterocycles. The molecule has 11 heteroatoms. The van der Waals surface area contributed by atoms with Crippen molar-refractivity contribution in [1.29, 1.82) is 0 Å². The second-order valence-electron chi connectivity index (χ2n) is 12.3. The lowest BCUT2D eigenvalue weighted by Gasteiger charge is -2.59. The monoisotopic (exact) mass is 566 g/mol. The van der Waals surface area contributed by atoms with Gasteiger partial charge in [0.2, 0.25) is 0 Å². The smallest absolute Gasteiger partial charge is 0.334 e. The molecule has 9 atom stereocenters. The van der Waals surface area contributed by atoms with Gasteiger partial charge in [0.15, 0.2) is 6.29 Å². The maximum absolute atomic E-state index is 12.0. The Balaban J connectivity index is 1.42. The highest BCUT2D eigenvalue weighted by atomic mass is 16.7. The summed E-state index contributed by atoms with van der Waals surface area (Å²) in [6.45, 7) is 8.95. The van der Waals surface area contributed by atoms with Crippen LogP contribution < -0.4 is 0 Å². The topological polar surface area (TPSA) is 169 Å². The summed E-state index contributed by atoms with van der Waals surface area (Å²) >= 11 is 0. The molecule has 11 nitrogen and oxygen atoms in total. The fourth-order valence-corrected chi connectivity index (χ4v) is 7.50. The molecule has 4 rings (SSSR count). The Kier molecular flexibility index (Phi) is 9.41. The average molecular weight is 567 g/mol. The number of ether oxygens (including phenoxy) is 4. The fourth-order valence-electron chi connectivity index (χ4n) is 7.50. The van der Waals surface area contributed by atoms with Crippen LogP contribution in [0, 0.1) is 22.7 Å². The van der Waals surface area contributed by atoms with Crippen LogP contribution in [-0.2, 0) is 33.3 Å². The predicted octanol–water partition coefficient (Wildman–Crippen LogP) is 1.87. The first-order valence-electron chi connectivity index (χ1n) is 14.1. The van der Waals surface area contributed by atoms with Gasteiger partial charge >= 0.3 is 17.9 Å². The van der Waals surface area contributed by atoms with Crippen molar-refractivity contribution >= 4 is 17.9 Å². The lowest BCUT2D eigenvalue weighted by atomic mass is 9.47. The van der Waals surface area contributed by atoms with Crippen LogP contribution in [0.1, 0.15) is 65.2 Å². The van der Waals surface area contributed by atoms with E-state index in [2.05, 4.69) is 20.4 Å². The second-order valence-corrected chi connectivity index (χ2v) is 12.3. The normalized spacial score (nSPS) is 39.7. The van der Waals surface area contributed by atoms with Crippen molar-refractivity contribution in [3.05, 3.63) is 23.8 Å². The number of aliphatic carboxylic acids is 1. The Bertz CT molecular complexity index is 1020. The minimum absolute atomic E-state index is 0.0581. The van der Waals surface area contributed by atoms with E-state index in [1.807, 2.05) is 6.08 Å². The maximum Gasteiger partial charge on any atom is 0.334 e. The first kappa shape index (κ1) is 30.6. The van der Waals surface area contributed by atoms with Crippen molar-refractivity contribution in [1.82, 2.24) is 0 Å². The molecular weight excluding hydrogens is 524 g/mol. The van der Waals surface area contributed by atoms with Crippen LogP contribution in [0.3, 0.4) is 0 Å². The van der Waals surface area contributed by atoms with E-state index in [0.29, 0.717) is 13.0 Å². The Labute approximate surface area is 234 Å². The number of cyclic esters (lactones) is 1. The van der Waals surface area contributed by atoms with Gasteiger partial charge in [0, 0.05) is 5.57 Å². The summed E-state index contributed by atoms with van der Waals surface area (Å²) in [4.78, 5) is 34.3. The molecule has 0 aromatic rings. The quantitative estimate of drug-likeness (QED) is 0.173. The maximum atomic E-state index is 12.0. The van der Waals surface area contributed by atoms with E-state index in [-0.39, 0.29) is 35.2 Å². The van der Waals surface area contributed by atoms with E-state index in [1.165, 1.54) is 5.57 Å². The second kappa shape index (κ2) is 12.3. The molecule has 0 spiro atoms. The van der Waals surface area contributed by atoms with Crippen LogP contribution in [-0.4, -0.2) is 88.9 Å². The van der Waals surface area contributed by atoms with Gasteiger partial charge in [-0.05, 0) is 67.3 Å². The number of aliphatic hydroxyl groups is 3. The average Bonchev–Trinajstić information content (AvgIpc) is 3.29. The van der Waals surface area contributed by atoms with Gasteiger partial charge in [-0.3, -0.25) is 9.59 Å². The first-order chi connectivity index (χ1) is 18.9. The molecule has 0 aromatic carbocycles. The van der Waals surface area contributed by atoms with Gasteiger partial charge in [0.05, 0.1) is 6.61 Å². The predicted molar refractivity (Wildman–Crippen MR) is 140 cm³/mol. The summed E-state index contributed by atoms with van der Waals surface area (Å²) in [6.07, 6.45) is 0.0154. The van der Waals surface area contributed by atoms with E-state index in [0.717, 1.165) is 44.1 Å². The molecule has 0 aromatic heterocycles. The van der Waals surface area contributed by atoms with Crippen molar-refractivity contribution in [2.45, 2.75) is 95.9 Å². The van der Waals surface area contributed by atoms with E-state index < -0.39 is 55.7 Å². The van der Waals surface area contributed by atoms with E-state index in [9.17, 15) is 29.7 Å². The van der Waals surface area contributed by atoms with Gasteiger partial charge in [-0.2, -0.15) is 0 Å². The van der Waals surface area contributed by atoms with Crippen molar-refractivity contribution in [3.63, 3.8) is 0 Å². The van der Waals surface area contributed by atoms with Crippen LogP contribution in [0.2, 0.25) is 0 Å². The number of carboxylic acid groups (broad SMARTS) is 1. The molecule has 224 valence electrons. The zero-order valence-electron chi connectivity index (χ0n) is 23.3. The summed E-state index contributed by atoms with van der Waals surface area (Å²) in [5, 5.41) is 40.1. The molecule has 2 saturated carbocycles. The van der Waals surface area contributed by atoms with E-state index >= 15 is 0 Å². The molecule has 3 fully saturated rings. The molecule has 2 aliphatic carbocycles. The third-order valence-electron chi connectivity index (χ3n) is 9.60. The highest BCUT2D eigenvalue weighted by molar-refractivity contribution is 5.90. The van der Waals surface area contributed by atoms with Gasteiger partial charge in [0.1, 0.15) is 44.1 Å². The number of rotatable bonds is 10. The van der Waals surface area contributed by atoms with E-state index in [1.54, 1.807) is 0 Å². The Morgan fingerprint density at radius 1 is 1.15 bits per heavy atom. The number of hydrogen-bond donors (Lipinski definition) is 4. The number of esters is 2. The number of carboxylic acids is 1. The molecule has 4 N–H and O–H groups in total. The Hall–Kier alpha value is -2.31. The summed E-state index contributed by atoms with van der Waals surface area (Å²) < 4.78 is 21.8. The summed E-state index contributed by atoms with van der Waals surface area (Å²) in [5.74, 6) is -2.09. The lowest BCUT2D eigenvalue weighted by Crippen LogP contribution is -2.60.